The quantitative estimate of drug-likeness (QED) is 0.644. The van der Waals surface area contributed by atoms with Gasteiger partial charge >= 0.3 is 5.97 Å². The summed E-state index contributed by atoms with van der Waals surface area (Å²) in [5, 5.41) is 0. The number of ether oxygens (including phenoxy) is 2. The number of carbonyl (C=O) groups excluding carboxylic acids is 1. The normalized spacial score (nSPS) is 10.0. The number of nitrogens with two attached hydrogens (primary N) is 1. The highest BCUT2D eigenvalue weighted by molar-refractivity contribution is 5.69. The molecule has 0 saturated heterocycles. The molecule has 0 aliphatic rings. The Morgan fingerprint density at radius 3 is 2.75 bits per heavy atom. The van der Waals surface area contributed by atoms with Gasteiger partial charge in [0.2, 0.25) is 0 Å². The van der Waals surface area contributed by atoms with Gasteiger partial charge in [-0.3, -0.25) is 9.78 Å². The van der Waals surface area contributed by atoms with Crippen molar-refractivity contribution in [1.82, 2.24) is 4.98 Å². The highest BCUT2D eigenvalue weighted by Crippen LogP contribution is 2.14. The van der Waals surface area contributed by atoms with Crippen LogP contribution in [-0.4, -0.2) is 17.6 Å². The van der Waals surface area contributed by atoms with Crippen LogP contribution in [0.2, 0.25) is 0 Å². The van der Waals surface area contributed by atoms with Gasteiger partial charge in [-0.25, -0.2) is 0 Å². The summed E-state index contributed by atoms with van der Waals surface area (Å²) in [4.78, 5) is 15.4. The molecule has 0 radical (unpaired) electrons. The molecule has 0 spiro atoms. The molecule has 0 unspecified atom stereocenters. The van der Waals surface area contributed by atoms with Crippen LogP contribution in [0.3, 0.4) is 0 Å². The second kappa shape index (κ2) is 7.13. The van der Waals surface area contributed by atoms with E-state index in [4.69, 9.17) is 15.2 Å². The molecule has 5 nitrogen and oxygen atoms in total. The number of rotatable bonds is 6. The molecule has 5 heteroatoms. The van der Waals surface area contributed by atoms with Gasteiger partial charge in [0.25, 0.3) is 0 Å². The third kappa shape index (κ3) is 4.61. The lowest BCUT2D eigenvalue weighted by molar-refractivity contribution is -0.145. The Morgan fingerprint density at radius 1 is 1.20 bits per heavy atom. The number of nitrogens with zero attached hydrogens (tertiary/aromatic N) is 1. The standard InChI is InChI=1S/C15H16N2O3/c16-13-2-1-3-14(10-13)19-9-6-15(18)20-11-12-4-7-17-8-5-12/h1-5,7-8,10H,6,9,11,16H2. The number of hydrogen-bond donors (Lipinski definition) is 1. The monoisotopic (exact) mass is 272 g/mol. The molecule has 2 rings (SSSR count). The third-order valence-electron chi connectivity index (χ3n) is 2.58. The summed E-state index contributed by atoms with van der Waals surface area (Å²) in [5.74, 6) is 0.345. The molecule has 1 aromatic heterocycles. The van der Waals surface area contributed by atoms with E-state index in [2.05, 4.69) is 4.98 Å². The van der Waals surface area contributed by atoms with E-state index in [1.54, 1.807) is 48.8 Å². The summed E-state index contributed by atoms with van der Waals surface area (Å²) in [7, 11) is 0. The summed E-state index contributed by atoms with van der Waals surface area (Å²) < 4.78 is 10.5. The molecule has 0 fully saturated rings. The minimum Gasteiger partial charge on any atom is -0.493 e. The minimum absolute atomic E-state index is 0.194. The molecular formula is C15H16N2O3. The molecule has 0 atom stereocenters. The third-order valence-corrected chi connectivity index (χ3v) is 2.58. The van der Waals surface area contributed by atoms with Crippen LogP contribution in [0.5, 0.6) is 5.75 Å². The zero-order chi connectivity index (χ0) is 14.2. The van der Waals surface area contributed by atoms with Crippen molar-refractivity contribution < 1.29 is 14.3 Å². The number of carbonyl (C=O) groups is 1. The van der Waals surface area contributed by atoms with Crippen LogP contribution in [0.4, 0.5) is 5.69 Å². The molecule has 104 valence electrons. The Morgan fingerprint density at radius 2 is 2.00 bits per heavy atom. The highest BCUT2D eigenvalue weighted by atomic mass is 16.5. The molecule has 1 aromatic carbocycles. The number of aromatic nitrogens is 1. The van der Waals surface area contributed by atoms with Gasteiger partial charge in [-0.15, -0.1) is 0 Å². The molecule has 0 amide bonds. The maximum absolute atomic E-state index is 11.5. The summed E-state index contributed by atoms with van der Waals surface area (Å²) in [6.07, 6.45) is 3.51. The van der Waals surface area contributed by atoms with E-state index in [1.807, 2.05) is 0 Å². The summed E-state index contributed by atoms with van der Waals surface area (Å²) in [5.41, 5.74) is 7.16. The van der Waals surface area contributed by atoms with Gasteiger partial charge in [0.15, 0.2) is 0 Å². The van der Waals surface area contributed by atoms with Crippen LogP contribution >= 0.6 is 0 Å². The lowest BCUT2D eigenvalue weighted by Gasteiger charge is -2.07. The number of hydrogen-bond acceptors (Lipinski definition) is 5. The first-order valence-electron chi connectivity index (χ1n) is 6.27. The van der Waals surface area contributed by atoms with E-state index in [1.165, 1.54) is 0 Å². The molecule has 0 bridgehead atoms. The van der Waals surface area contributed by atoms with Crippen LogP contribution in [-0.2, 0) is 16.1 Å². The molecule has 0 saturated carbocycles. The van der Waals surface area contributed by atoms with Crippen molar-refractivity contribution in [2.24, 2.45) is 0 Å². The molecule has 1 heterocycles. The number of pyridine rings is 1. The van der Waals surface area contributed by atoms with Crippen LogP contribution in [0, 0.1) is 0 Å². The molecule has 2 N–H and O–H groups in total. The topological polar surface area (TPSA) is 74.4 Å². The zero-order valence-corrected chi connectivity index (χ0v) is 11.0. The summed E-state index contributed by atoms with van der Waals surface area (Å²) in [6, 6.07) is 10.7. The number of benzene rings is 1. The Bertz CT molecular complexity index is 558. The van der Waals surface area contributed by atoms with Crippen LogP contribution < -0.4 is 10.5 Å². The van der Waals surface area contributed by atoms with Gasteiger partial charge in [-0.2, -0.15) is 0 Å². The molecule has 0 aliphatic carbocycles. The Hall–Kier alpha value is -2.56. The summed E-state index contributed by atoms with van der Waals surface area (Å²) in [6.45, 7) is 0.512. The predicted octanol–water partition coefficient (Wildman–Crippen LogP) is 2.18. The molecular weight excluding hydrogens is 256 g/mol. The van der Waals surface area contributed by atoms with Gasteiger partial charge in [0, 0.05) is 24.1 Å². The predicted molar refractivity (Wildman–Crippen MR) is 75.0 cm³/mol. The first kappa shape index (κ1) is 13.9. The SMILES string of the molecule is Nc1cccc(OCCC(=O)OCc2ccncc2)c1. The van der Waals surface area contributed by atoms with E-state index in [0.29, 0.717) is 11.4 Å². The largest absolute Gasteiger partial charge is 0.493 e. The number of esters is 1. The molecule has 0 aliphatic heterocycles. The lowest BCUT2D eigenvalue weighted by Crippen LogP contribution is -2.10. The number of anilines is 1. The van der Waals surface area contributed by atoms with E-state index >= 15 is 0 Å². The lowest BCUT2D eigenvalue weighted by atomic mass is 10.3. The van der Waals surface area contributed by atoms with Crippen LogP contribution in [0.25, 0.3) is 0 Å². The van der Waals surface area contributed by atoms with Crippen molar-refractivity contribution in [3.05, 3.63) is 54.4 Å². The average Bonchev–Trinajstić information content (AvgIpc) is 2.46. The fourth-order valence-electron chi connectivity index (χ4n) is 1.57. The second-order valence-electron chi connectivity index (χ2n) is 4.19. The average molecular weight is 272 g/mol. The van der Waals surface area contributed by atoms with E-state index in [0.717, 1.165) is 5.56 Å². The van der Waals surface area contributed by atoms with Crippen molar-refractivity contribution in [3.63, 3.8) is 0 Å². The van der Waals surface area contributed by atoms with Crippen molar-refractivity contribution in [1.29, 1.82) is 0 Å². The van der Waals surface area contributed by atoms with Crippen LogP contribution in [0.1, 0.15) is 12.0 Å². The molecule has 2 aromatic rings. The Kier molecular flexibility index (Phi) is 4.94. The molecule has 20 heavy (non-hydrogen) atoms. The van der Waals surface area contributed by atoms with Gasteiger partial charge < -0.3 is 15.2 Å². The van der Waals surface area contributed by atoms with Gasteiger partial charge in [-0.1, -0.05) is 6.07 Å². The van der Waals surface area contributed by atoms with Gasteiger partial charge in [0.1, 0.15) is 12.4 Å². The summed E-state index contributed by atoms with van der Waals surface area (Å²) >= 11 is 0. The van der Waals surface area contributed by atoms with Crippen molar-refractivity contribution >= 4 is 11.7 Å². The van der Waals surface area contributed by atoms with Gasteiger partial charge in [-0.05, 0) is 29.8 Å². The van der Waals surface area contributed by atoms with E-state index < -0.39 is 0 Å². The Balaban J connectivity index is 1.68. The first-order chi connectivity index (χ1) is 9.74. The fraction of sp³-hybridized carbons (Fsp3) is 0.200. The second-order valence-corrected chi connectivity index (χ2v) is 4.19. The minimum atomic E-state index is -0.300. The Labute approximate surface area is 117 Å². The van der Waals surface area contributed by atoms with Crippen molar-refractivity contribution in [2.45, 2.75) is 13.0 Å². The first-order valence-corrected chi connectivity index (χ1v) is 6.27. The fourth-order valence-corrected chi connectivity index (χ4v) is 1.57. The smallest absolute Gasteiger partial charge is 0.309 e. The van der Waals surface area contributed by atoms with E-state index in [-0.39, 0.29) is 25.6 Å². The van der Waals surface area contributed by atoms with Crippen LogP contribution in [0.15, 0.2) is 48.8 Å². The van der Waals surface area contributed by atoms with Gasteiger partial charge in [0.05, 0.1) is 13.0 Å². The highest BCUT2D eigenvalue weighted by Gasteiger charge is 2.04. The zero-order valence-electron chi connectivity index (χ0n) is 11.0. The van der Waals surface area contributed by atoms with E-state index in [9.17, 15) is 4.79 Å². The maximum atomic E-state index is 11.5. The van der Waals surface area contributed by atoms with Crippen molar-refractivity contribution in [2.75, 3.05) is 12.3 Å². The maximum Gasteiger partial charge on any atom is 0.309 e. The van der Waals surface area contributed by atoms with Crippen molar-refractivity contribution in [3.8, 4) is 5.75 Å². The number of nitrogen functional groups attached to an aromatic ring is 1.